The van der Waals surface area contributed by atoms with Crippen LogP contribution in [-0.2, 0) is 4.79 Å². The number of hydrogen-bond acceptors (Lipinski definition) is 5. The molecule has 138 valence electrons. The second-order valence-corrected chi connectivity index (χ2v) is 7.50. The van der Waals surface area contributed by atoms with Gasteiger partial charge in [-0.2, -0.15) is 10.1 Å². The molecular weight excluding hydrogens is 328 g/mol. The van der Waals surface area contributed by atoms with E-state index in [0.29, 0.717) is 5.95 Å². The Morgan fingerprint density at radius 1 is 1.23 bits per heavy atom. The van der Waals surface area contributed by atoms with E-state index in [2.05, 4.69) is 20.3 Å². The maximum Gasteiger partial charge on any atom is 0.227 e. The highest BCUT2D eigenvalue weighted by atomic mass is 16.1. The summed E-state index contributed by atoms with van der Waals surface area (Å²) < 4.78 is 1.85. The van der Waals surface area contributed by atoms with Crippen molar-refractivity contribution in [3.63, 3.8) is 0 Å². The Bertz CT molecular complexity index is 789. The van der Waals surface area contributed by atoms with E-state index < -0.39 is 0 Å². The highest BCUT2D eigenvalue weighted by Crippen LogP contribution is 2.28. The van der Waals surface area contributed by atoms with Gasteiger partial charge < -0.3 is 10.2 Å². The molecule has 1 saturated heterocycles. The van der Waals surface area contributed by atoms with E-state index >= 15 is 0 Å². The zero-order valence-corrected chi connectivity index (χ0v) is 15.5. The molecule has 1 N–H and O–H groups in total. The van der Waals surface area contributed by atoms with Gasteiger partial charge in [-0.3, -0.25) is 4.79 Å². The minimum atomic E-state index is 0.115. The number of carbonyl (C=O) groups excluding carboxylic acids is 1. The summed E-state index contributed by atoms with van der Waals surface area (Å²) in [6, 6.07) is 3.91. The predicted molar refractivity (Wildman–Crippen MR) is 99.3 cm³/mol. The standard InChI is InChI=1S/C19H26N6O/c1-13-11-14(2)25(23-13)17-5-8-20-19(22-17)24-9-6-16(7-10-24)18(26)21-12-15-3-4-15/h5,8,11,15-16H,3-4,6-7,9-10,12H2,1-2H3,(H,21,26). The summed E-state index contributed by atoms with van der Waals surface area (Å²) in [5.41, 5.74) is 2.03. The summed E-state index contributed by atoms with van der Waals surface area (Å²) in [5, 5.41) is 7.60. The molecule has 0 bridgehead atoms. The van der Waals surface area contributed by atoms with Crippen LogP contribution in [0.5, 0.6) is 0 Å². The number of rotatable bonds is 5. The third kappa shape index (κ3) is 3.71. The molecule has 0 spiro atoms. The molecule has 0 atom stereocenters. The van der Waals surface area contributed by atoms with E-state index in [1.165, 1.54) is 12.8 Å². The number of piperidine rings is 1. The van der Waals surface area contributed by atoms with Crippen LogP contribution in [0.25, 0.3) is 5.82 Å². The quantitative estimate of drug-likeness (QED) is 0.889. The van der Waals surface area contributed by atoms with Gasteiger partial charge in [-0.15, -0.1) is 0 Å². The Labute approximate surface area is 153 Å². The van der Waals surface area contributed by atoms with E-state index in [4.69, 9.17) is 4.98 Å². The molecule has 1 saturated carbocycles. The van der Waals surface area contributed by atoms with Crippen molar-refractivity contribution in [1.29, 1.82) is 0 Å². The summed E-state index contributed by atoms with van der Waals surface area (Å²) >= 11 is 0. The molecule has 7 heteroatoms. The lowest BCUT2D eigenvalue weighted by Gasteiger charge is -2.31. The van der Waals surface area contributed by atoms with Gasteiger partial charge >= 0.3 is 0 Å². The van der Waals surface area contributed by atoms with Crippen LogP contribution in [-0.4, -0.2) is 45.3 Å². The molecule has 2 aromatic rings. The van der Waals surface area contributed by atoms with Crippen LogP contribution in [0.4, 0.5) is 5.95 Å². The highest BCUT2D eigenvalue weighted by Gasteiger charge is 2.28. The number of anilines is 1. The molecule has 1 amide bonds. The molecule has 1 aliphatic heterocycles. The lowest BCUT2D eigenvalue weighted by molar-refractivity contribution is -0.125. The maximum atomic E-state index is 12.3. The second kappa shape index (κ2) is 7.05. The number of hydrogen-bond donors (Lipinski definition) is 1. The first-order valence-corrected chi connectivity index (χ1v) is 9.49. The van der Waals surface area contributed by atoms with Crippen molar-refractivity contribution < 1.29 is 4.79 Å². The Balaban J connectivity index is 1.39. The molecule has 0 unspecified atom stereocenters. The van der Waals surface area contributed by atoms with Gasteiger partial charge in [0.2, 0.25) is 11.9 Å². The van der Waals surface area contributed by atoms with E-state index in [1.807, 2.05) is 30.7 Å². The number of aryl methyl sites for hydroxylation is 2. The fourth-order valence-corrected chi connectivity index (χ4v) is 3.52. The lowest BCUT2D eigenvalue weighted by Crippen LogP contribution is -2.41. The SMILES string of the molecule is Cc1cc(C)n(-c2ccnc(N3CCC(C(=O)NCC4CC4)CC3)n2)n1. The Hall–Kier alpha value is -2.44. The zero-order valence-electron chi connectivity index (χ0n) is 15.5. The van der Waals surface area contributed by atoms with Gasteiger partial charge in [0.25, 0.3) is 0 Å². The molecule has 4 rings (SSSR count). The van der Waals surface area contributed by atoms with Crippen LogP contribution >= 0.6 is 0 Å². The second-order valence-electron chi connectivity index (χ2n) is 7.50. The summed E-state index contributed by atoms with van der Waals surface area (Å²) in [5.74, 6) is 2.56. The third-order valence-corrected chi connectivity index (χ3v) is 5.27. The third-order valence-electron chi connectivity index (χ3n) is 5.27. The maximum absolute atomic E-state index is 12.3. The molecule has 7 nitrogen and oxygen atoms in total. The lowest BCUT2D eigenvalue weighted by atomic mass is 9.96. The van der Waals surface area contributed by atoms with Crippen molar-refractivity contribution >= 4 is 11.9 Å². The van der Waals surface area contributed by atoms with Gasteiger partial charge in [-0.05, 0) is 51.5 Å². The molecule has 26 heavy (non-hydrogen) atoms. The van der Waals surface area contributed by atoms with Gasteiger partial charge in [0.1, 0.15) is 0 Å². The molecule has 1 aliphatic carbocycles. The van der Waals surface area contributed by atoms with Crippen molar-refractivity contribution in [2.24, 2.45) is 11.8 Å². The van der Waals surface area contributed by atoms with Gasteiger partial charge in [0.05, 0.1) is 5.69 Å². The summed E-state index contributed by atoms with van der Waals surface area (Å²) in [7, 11) is 0. The molecule has 3 heterocycles. The average Bonchev–Trinajstić information content (AvgIpc) is 3.43. The summed E-state index contributed by atoms with van der Waals surface area (Å²) in [4.78, 5) is 23.6. The monoisotopic (exact) mass is 354 g/mol. The Morgan fingerprint density at radius 2 is 2.00 bits per heavy atom. The smallest absolute Gasteiger partial charge is 0.227 e. The van der Waals surface area contributed by atoms with E-state index in [-0.39, 0.29) is 11.8 Å². The molecule has 2 aliphatic rings. The highest BCUT2D eigenvalue weighted by molar-refractivity contribution is 5.79. The minimum absolute atomic E-state index is 0.115. The predicted octanol–water partition coefficient (Wildman–Crippen LogP) is 2.02. The van der Waals surface area contributed by atoms with Crippen molar-refractivity contribution in [1.82, 2.24) is 25.1 Å². The van der Waals surface area contributed by atoms with Crippen molar-refractivity contribution in [3.8, 4) is 5.82 Å². The van der Waals surface area contributed by atoms with E-state index in [9.17, 15) is 4.79 Å². The zero-order chi connectivity index (χ0) is 18.1. The Morgan fingerprint density at radius 3 is 2.65 bits per heavy atom. The van der Waals surface area contributed by atoms with Crippen LogP contribution in [0.2, 0.25) is 0 Å². The molecule has 2 aromatic heterocycles. The average molecular weight is 354 g/mol. The molecule has 0 radical (unpaired) electrons. The van der Waals surface area contributed by atoms with Crippen LogP contribution in [0.3, 0.4) is 0 Å². The van der Waals surface area contributed by atoms with Crippen molar-refractivity contribution in [3.05, 3.63) is 29.7 Å². The molecule has 0 aromatic carbocycles. The normalized spacial score (nSPS) is 18.2. The van der Waals surface area contributed by atoms with Crippen LogP contribution in [0.15, 0.2) is 18.3 Å². The Kier molecular flexibility index (Phi) is 4.61. The number of nitrogens with zero attached hydrogens (tertiary/aromatic N) is 5. The summed E-state index contributed by atoms with van der Waals surface area (Å²) in [6.45, 7) is 6.47. The fourth-order valence-electron chi connectivity index (χ4n) is 3.52. The van der Waals surface area contributed by atoms with Gasteiger partial charge in [-0.25, -0.2) is 9.67 Å². The van der Waals surface area contributed by atoms with Crippen molar-refractivity contribution in [2.75, 3.05) is 24.5 Å². The number of aromatic nitrogens is 4. The van der Waals surface area contributed by atoms with Crippen LogP contribution in [0.1, 0.15) is 37.1 Å². The topological polar surface area (TPSA) is 75.9 Å². The first-order chi connectivity index (χ1) is 12.6. The fraction of sp³-hybridized carbons (Fsp3) is 0.579. The first kappa shape index (κ1) is 17.0. The summed E-state index contributed by atoms with van der Waals surface area (Å²) in [6.07, 6.45) is 6.01. The van der Waals surface area contributed by atoms with E-state index in [0.717, 1.165) is 55.6 Å². The van der Waals surface area contributed by atoms with Crippen LogP contribution in [0, 0.1) is 25.7 Å². The minimum Gasteiger partial charge on any atom is -0.356 e. The van der Waals surface area contributed by atoms with E-state index in [1.54, 1.807) is 6.20 Å². The number of carbonyl (C=O) groups is 1. The number of amides is 1. The van der Waals surface area contributed by atoms with Gasteiger partial charge in [0, 0.05) is 43.5 Å². The first-order valence-electron chi connectivity index (χ1n) is 9.49. The molecular formula is C19H26N6O. The van der Waals surface area contributed by atoms with Gasteiger partial charge in [0.15, 0.2) is 5.82 Å². The largest absolute Gasteiger partial charge is 0.356 e. The van der Waals surface area contributed by atoms with Crippen LogP contribution < -0.4 is 10.2 Å². The number of nitrogens with one attached hydrogen (secondary N) is 1. The van der Waals surface area contributed by atoms with Crippen molar-refractivity contribution in [2.45, 2.75) is 39.5 Å². The van der Waals surface area contributed by atoms with Gasteiger partial charge in [-0.1, -0.05) is 0 Å². The molecule has 2 fully saturated rings.